The Balaban J connectivity index is 0. The number of carbonyl (C=O) groups is 2. The molecule has 0 aromatic carbocycles. The van der Waals surface area contributed by atoms with Crippen LogP contribution in [0.2, 0.25) is 0 Å². The van der Waals surface area contributed by atoms with Crippen molar-refractivity contribution in [3.63, 3.8) is 0 Å². The van der Waals surface area contributed by atoms with Crippen molar-refractivity contribution in [3.05, 3.63) is 0 Å². The molecule has 126 valence electrons. The standard InChI is InChI=1S/2C8H15NO.CH4.H2/c2*1-6(2)3-7-4-8(10)9-5-7;;/h2*6-7H,3-5H2,1-2H3,(H,9,10);1H4;1H/t2*7-;;/m10../s1/i;;;1+1. The maximum Gasteiger partial charge on any atom is 0.220 e. The zero-order valence-electron chi connectivity index (χ0n) is 13.4. The molecule has 0 unspecified atom stereocenters. The van der Waals surface area contributed by atoms with Gasteiger partial charge in [0.15, 0.2) is 0 Å². The zero-order valence-corrected chi connectivity index (χ0v) is 13.4. The summed E-state index contributed by atoms with van der Waals surface area (Å²) in [5, 5.41) is 5.67. The molecule has 4 heteroatoms. The fourth-order valence-corrected chi connectivity index (χ4v) is 3.00. The number of nitrogens with one attached hydrogen (secondary N) is 2. The van der Waals surface area contributed by atoms with Crippen LogP contribution in [-0.4, -0.2) is 24.9 Å². The lowest BCUT2D eigenvalue weighted by atomic mass is 9.97. The Morgan fingerprint density at radius 3 is 1.43 bits per heavy atom. The average molecular weight is 301 g/mol. The summed E-state index contributed by atoms with van der Waals surface area (Å²) in [6.45, 7) is 10.6. The maximum atomic E-state index is 10.7. The minimum atomic E-state index is 0. The third-order valence-electron chi connectivity index (χ3n) is 3.73. The van der Waals surface area contributed by atoms with Gasteiger partial charge in [-0.05, 0) is 36.5 Å². The topological polar surface area (TPSA) is 58.2 Å². The monoisotopic (exact) mass is 301 g/mol. The molecule has 21 heavy (non-hydrogen) atoms. The predicted molar refractivity (Wildman–Crippen MR) is 90.0 cm³/mol. The van der Waals surface area contributed by atoms with Crippen molar-refractivity contribution in [1.82, 2.24) is 10.6 Å². The molecule has 2 fully saturated rings. The van der Waals surface area contributed by atoms with Crippen molar-refractivity contribution in [3.8, 4) is 0 Å². The van der Waals surface area contributed by atoms with Gasteiger partial charge in [0.25, 0.3) is 0 Å². The summed E-state index contributed by atoms with van der Waals surface area (Å²) in [6.07, 6.45) is 3.86. The van der Waals surface area contributed by atoms with E-state index in [1.807, 2.05) is 0 Å². The molecule has 0 saturated carbocycles. The third kappa shape index (κ3) is 8.74. The molecule has 0 bridgehead atoms. The van der Waals surface area contributed by atoms with Crippen molar-refractivity contribution in [1.29, 1.82) is 0 Å². The van der Waals surface area contributed by atoms with E-state index in [9.17, 15) is 9.59 Å². The minimum Gasteiger partial charge on any atom is -0.356 e. The van der Waals surface area contributed by atoms with Gasteiger partial charge in [-0.25, -0.2) is 0 Å². The Bertz CT molecular complexity index is 301. The second-order valence-corrected chi connectivity index (χ2v) is 7.01. The second-order valence-electron chi connectivity index (χ2n) is 7.01. The SMILES string of the molecule is C.CC(C)C[C@@H]1CNC(=O)C1.CC(C)C[C@H]1CNC(=O)C1.[2HH]. The molecule has 2 amide bonds. The van der Waals surface area contributed by atoms with Gasteiger partial charge in [0, 0.05) is 27.4 Å². The summed E-state index contributed by atoms with van der Waals surface area (Å²) in [7, 11) is 0. The Morgan fingerprint density at radius 1 is 0.905 bits per heavy atom. The van der Waals surface area contributed by atoms with Crippen LogP contribution in [0.3, 0.4) is 0 Å². The van der Waals surface area contributed by atoms with Gasteiger partial charge in [-0.15, -0.1) is 0 Å². The van der Waals surface area contributed by atoms with Crippen molar-refractivity contribution in [2.24, 2.45) is 23.7 Å². The molecule has 0 spiro atoms. The summed E-state index contributed by atoms with van der Waals surface area (Å²) < 4.78 is 0. The predicted octanol–water partition coefficient (Wildman–Crippen LogP) is 3.22. The summed E-state index contributed by atoms with van der Waals surface area (Å²) >= 11 is 0. The van der Waals surface area contributed by atoms with Crippen molar-refractivity contribution >= 4 is 11.8 Å². The lowest BCUT2D eigenvalue weighted by Gasteiger charge is -2.08. The van der Waals surface area contributed by atoms with Gasteiger partial charge < -0.3 is 10.6 Å². The van der Waals surface area contributed by atoms with Crippen LogP contribution in [0.5, 0.6) is 0 Å². The van der Waals surface area contributed by atoms with E-state index in [4.69, 9.17) is 0 Å². The van der Waals surface area contributed by atoms with Gasteiger partial charge in [0.1, 0.15) is 0 Å². The molecule has 0 radical (unpaired) electrons. The van der Waals surface area contributed by atoms with E-state index in [-0.39, 0.29) is 20.7 Å². The molecular weight excluding hydrogens is 264 g/mol. The van der Waals surface area contributed by atoms with Gasteiger partial charge in [0.05, 0.1) is 0 Å². The number of rotatable bonds is 4. The van der Waals surface area contributed by atoms with Crippen molar-refractivity contribution < 1.29 is 11.0 Å². The third-order valence-corrected chi connectivity index (χ3v) is 3.73. The van der Waals surface area contributed by atoms with E-state index in [2.05, 4.69) is 38.3 Å². The van der Waals surface area contributed by atoms with Crippen LogP contribution in [-0.2, 0) is 9.59 Å². The lowest BCUT2D eigenvalue weighted by Crippen LogP contribution is -2.14. The van der Waals surface area contributed by atoms with Crippen molar-refractivity contribution in [2.45, 2.75) is 60.8 Å². The highest BCUT2D eigenvalue weighted by Gasteiger charge is 2.22. The highest BCUT2D eigenvalue weighted by atomic mass is 16.2. The van der Waals surface area contributed by atoms with Crippen LogP contribution in [0.4, 0.5) is 0 Å². The van der Waals surface area contributed by atoms with E-state index in [1.54, 1.807) is 0 Å². The number of amides is 2. The normalized spacial score (nSPS) is 24.3. The smallest absolute Gasteiger partial charge is 0.220 e. The summed E-state index contributed by atoms with van der Waals surface area (Å²) in [4.78, 5) is 21.4. The van der Waals surface area contributed by atoms with Crippen LogP contribution in [0.1, 0.15) is 62.2 Å². The van der Waals surface area contributed by atoms with Crippen LogP contribution in [0.15, 0.2) is 0 Å². The Kier molecular flexibility index (Phi) is 9.31. The molecule has 0 aromatic heterocycles. The molecule has 2 rings (SSSR count). The molecule has 0 aliphatic carbocycles. The van der Waals surface area contributed by atoms with E-state index in [0.717, 1.165) is 37.8 Å². The maximum absolute atomic E-state index is 10.7. The van der Waals surface area contributed by atoms with Crippen LogP contribution in [0.25, 0.3) is 0 Å². The van der Waals surface area contributed by atoms with Crippen molar-refractivity contribution in [2.75, 3.05) is 13.1 Å². The molecule has 2 N–H and O–H groups in total. The summed E-state index contributed by atoms with van der Waals surface area (Å²) in [5.74, 6) is 3.10. The van der Waals surface area contributed by atoms with Crippen LogP contribution >= 0.6 is 0 Å². The van der Waals surface area contributed by atoms with Gasteiger partial charge in [-0.3, -0.25) is 9.59 Å². The van der Waals surface area contributed by atoms with Gasteiger partial charge in [-0.2, -0.15) is 0 Å². The first-order valence-electron chi connectivity index (χ1n) is 7.90. The zero-order chi connectivity index (χ0) is 15.1. The highest BCUT2D eigenvalue weighted by molar-refractivity contribution is 5.78. The summed E-state index contributed by atoms with van der Waals surface area (Å²) in [5.41, 5.74) is 0. The first-order chi connectivity index (χ1) is 9.36. The largest absolute Gasteiger partial charge is 0.356 e. The molecule has 2 atom stereocenters. The lowest BCUT2D eigenvalue weighted by molar-refractivity contribution is -0.120. The number of hydrogen-bond donors (Lipinski definition) is 2. The minimum absolute atomic E-state index is 0. The Morgan fingerprint density at radius 2 is 1.24 bits per heavy atom. The van der Waals surface area contributed by atoms with Gasteiger partial charge >= 0.3 is 0 Å². The van der Waals surface area contributed by atoms with Crippen LogP contribution < -0.4 is 10.6 Å². The number of carbonyl (C=O) groups excluding carboxylic acids is 2. The van der Waals surface area contributed by atoms with E-state index >= 15 is 0 Å². The fourth-order valence-electron chi connectivity index (χ4n) is 3.00. The van der Waals surface area contributed by atoms with Gasteiger partial charge in [-0.1, -0.05) is 35.1 Å². The molecule has 2 saturated heterocycles. The molecule has 4 nitrogen and oxygen atoms in total. The highest BCUT2D eigenvalue weighted by Crippen LogP contribution is 2.18. The van der Waals surface area contributed by atoms with E-state index in [0.29, 0.717) is 11.8 Å². The van der Waals surface area contributed by atoms with Gasteiger partial charge in [0.2, 0.25) is 11.8 Å². The quantitative estimate of drug-likeness (QED) is 0.837. The second kappa shape index (κ2) is 9.80. The molecule has 2 aliphatic heterocycles. The Labute approximate surface area is 131 Å². The Hall–Kier alpha value is -1.06. The van der Waals surface area contributed by atoms with E-state index in [1.165, 1.54) is 12.8 Å². The molecule has 2 heterocycles. The first-order valence-corrected chi connectivity index (χ1v) is 7.90. The van der Waals surface area contributed by atoms with Crippen LogP contribution in [0, 0.1) is 23.7 Å². The molecule has 0 aromatic rings. The average Bonchev–Trinajstić information content (AvgIpc) is 2.87. The first kappa shape index (κ1) is 19.9. The summed E-state index contributed by atoms with van der Waals surface area (Å²) in [6, 6.07) is 0. The fraction of sp³-hybridized carbons (Fsp3) is 0.882. The molecule has 2 aliphatic rings. The number of hydrogen-bond acceptors (Lipinski definition) is 2. The van der Waals surface area contributed by atoms with E-state index < -0.39 is 0 Å². The molecular formula is C17H36N2O2.